The van der Waals surface area contributed by atoms with Crippen molar-refractivity contribution in [1.82, 2.24) is 9.55 Å². The van der Waals surface area contributed by atoms with Crippen molar-refractivity contribution < 1.29 is 4.39 Å². The highest BCUT2D eigenvalue weighted by Crippen LogP contribution is 2.32. The Morgan fingerprint density at radius 3 is 2.69 bits per heavy atom. The molecular formula is C19H23Cl2FN4. The second-order valence-electron chi connectivity index (χ2n) is 6.25. The predicted molar refractivity (Wildman–Crippen MR) is 110 cm³/mol. The smallest absolute Gasteiger partial charge is 0.151 e. The third-order valence-corrected chi connectivity index (χ3v) is 4.84. The number of nitrogens with two attached hydrogens (primary N) is 1. The highest BCUT2D eigenvalue weighted by Gasteiger charge is 2.21. The molecule has 2 heterocycles. The molecule has 1 aliphatic rings. The summed E-state index contributed by atoms with van der Waals surface area (Å²) in [7, 11) is 0. The van der Waals surface area contributed by atoms with Crippen LogP contribution < -0.4 is 10.6 Å². The zero-order chi connectivity index (χ0) is 16.7. The van der Waals surface area contributed by atoms with Crippen LogP contribution in [0, 0.1) is 5.82 Å². The standard InChI is InChI=1S/C19H21FN4.2ClH/c1-2-24-17-10-3-7-14(20)19(17)22-18(24)12-23-11-5-6-13-15(21)8-4-9-16(13)23;;/h3-4,7-10H,2,5-6,11-12,21H2,1H3;2*1H. The van der Waals surface area contributed by atoms with Gasteiger partial charge in [0.25, 0.3) is 0 Å². The maximum atomic E-state index is 14.1. The Hall–Kier alpha value is -1.98. The molecule has 1 aliphatic heterocycles. The van der Waals surface area contributed by atoms with Gasteiger partial charge in [-0.15, -0.1) is 24.8 Å². The second-order valence-corrected chi connectivity index (χ2v) is 6.25. The SMILES string of the molecule is CCn1c(CN2CCCc3c(N)cccc32)nc2c(F)cccc21.Cl.Cl. The lowest BCUT2D eigenvalue weighted by atomic mass is 10.00. The quantitative estimate of drug-likeness (QED) is 0.659. The number of halogens is 3. The van der Waals surface area contributed by atoms with E-state index in [4.69, 9.17) is 5.73 Å². The highest BCUT2D eigenvalue weighted by molar-refractivity contribution is 5.85. The van der Waals surface area contributed by atoms with Crippen LogP contribution in [0.2, 0.25) is 0 Å². The van der Waals surface area contributed by atoms with E-state index in [0.717, 1.165) is 43.0 Å². The van der Waals surface area contributed by atoms with Gasteiger partial charge in [-0.3, -0.25) is 0 Å². The minimum absolute atomic E-state index is 0. The highest BCUT2D eigenvalue weighted by atomic mass is 35.5. The van der Waals surface area contributed by atoms with Crippen LogP contribution in [0.3, 0.4) is 0 Å². The summed E-state index contributed by atoms with van der Waals surface area (Å²) >= 11 is 0. The summed E-state index contributed by atoms with van der Waals surface area (Å²) in [5, 5.41) is 0. The number of imidazole rings is 1. The molecule has 2 N–H and O–H groups in total. The molecule has 0 spiro atoms. The first-order valence-corrected chi connectivity index (χ1v) is 8.45. The van der Waals surface area contributed by atoms with E-state index in [9.17, 15) is 4.39 Å². The molecule has 0 saturated heterocycles. The first kappa shape index (κ1) is 20.3. The molecule has 4 rings (SSSR count). The Bertz CT molecular complexity index is 910. The number of aromatic nitrogens is 2. The van der Waals surface area contributed by atoms with Gasteiger partial charge in [0.1, 0.15) is 11.3 Å². The van der Waals surface area contributed by atoms with Crippen LogP contribution in [-0.2, 0) is 19.5 Å². The molecule has 4 nitrogen and oxygen atoms in total. The Balaban J connectivity index is 0.00000121. The minimum Gasteiger partial charge on any atom is -0.398 e. The van der Waals surface area contributed by atoms with Crippen molar-refractivity contribution in [2.45, 2.75) is 32.9 Å². The van der Waals surface area contributed by atoms with Crippen LogP contribution in [0.4, 0.5) is 15.8 Å². The van der Waals surface area contributed by atoms with Crippen molar-refractivity contribution in [3.63, 3.8) is 0 Å². The molecule has 0 fully saturated rings. The number of hydrogen-bond acceptors (Lipinski definition) is 3. The van der Waals surface area contributed by atoms with Crippen LogP contribution in [-0.4, -0.2) is 16.1 Å². The summed E-state index contributed by atoms with van der Waals surface area (Å²) in [6.07, 6.45) is 2.08. The molecule has 0 unspecified atom stereocenters. The Kier molecular flexibility index (Phi) is 6.37. The van der Waals surface area contributed by atoms with E-state index in [-0.39, 0.29) is 30.6 Å². The average Bonchev–Trinajstić information content (AvgIpc) is 2.94. The molecule has 2 aromatic carbocycles. The number of benzene rings is 2. The van der Waals surface area contributed by atoms with E-state index in [1.54, 1.807) is 6.07 Å². The van der Waals surface area contributed by atoms with Gasteiger partial charge in [-0.1, -0.05) is 12.1 Å². The van der Waals surface area contributed by atoms with Gasteiger partial charge in [-0.05, 0) is 49.6 Å². The third-order valence-electron chi connectivity index (χ3n) is 4.84. The van der Waals surface area contributed by atoms with E-state index >= 15 is 0 Å². The van der Waals surface area contributed by atoms with E-state index in [1.807, 2.05) is 18.2 Å². The maximum Gasteiger partial charge on any atom is 0.151 e. The van der Waals surface area contributed by atoms with Gasteiger partial charge < -0.3 is 15.2 Å². The number of nitrogen functional groups attached to an aromatic ring is 1. The Morgan fingerprint density at radius 2 is 1.92 bits per heavy atom. The first-order chi connectivity index (χ1) is 11.7. The molecule has 0 radical (unpaired) electrons. The third kappa shape index (κ3) is 3.33. The average molecular weight is 397 g/mol. The zero-order valence-corrected chi connectivity index (χ0v) is 16.2. The van der Waals surface area contributed by atoms with Gasteiger partial charge in [-0.25, -0.2) is 9.37 Å². The molecule has 3 aromatic rings. The van der Waals surface area contributed by atoms with E-state index in [2.05, 4.69) is 27.4 Å². The normalized spacial score (nSPS) is 13.1. The topological polar surface area (TPSA) is 47.1 Å². The predicted octanol–water partition coefficient (Wildman–Crippen LogP) is 4.57. The number of aryl methyl sites for hydroxylation is 1. The van der Waals surface area contributed by atoms with Gasteiger partial charge in [0.2, 0.25) is 0 Å². The lowest BCUT2D eigenvalue weighted by molar-refractivity contribution is 0.634. The zero-order valence-electron chi connectivity index (χ0n) is 14.6. The summed E-state index contributed by atoms with van der Waals surface area (Å²) in [4.78, 5) is 6.89. The van der Waals surface area contributed by atoms with Crippen LogP contribution in [0.5, 0.6) is 0 Å². The van der Waals surface area contributed by atoms with E-state index in [0.29, 0.717) is 12.1 Å². The molecule has 0 aliphatic carbocycles. The molecule has 140 valence electrons. The van der Waals surface area contributed by atoms with Crippen molar-refractivity contribution in [1.29, 1.82) is 0 Å². The number of hydrogen-bond donors (Lipinski definition) is 1. The Labute approximate surface area is 165 Å². The molecule has 7 heteroatoms. The van der Waals surface area contributed by atoms with Crippen LogP contribution >= 0.6 is 24.8 Å². The lowest BCUT2D eigenvalue weighted by Crippen LogP contribution is -2.30. The van der Waals surface area contributed by atoms with Crippen molar-refractivity contribution in [2.24, 2.45) is 0 Å². The monoisotopic (exact) mass is 396 g/mol. The summed E-state index contributed by atoms with van der Waals surface area (Å²) < 4.78 is 16.2. The molecule has 26 heavy (non-hydrogen) atoms. The lowest BCUT2D eigenvalue weighted by Gasteiger charge is -2.31. The van der Waals surface area contributed by atoms with Gasteiger partial charge in [0.05, 0.1) is 12.1 Å². The summed E-state index contributed by atoms with van der Waals surface area (Å²) in [6.45, 7) is 4.47. The summed E-state index contributed by atoms with van der Waals surface area (Å²) in [5.74, 6) is 0.636. The fourth-order valence-corrected chi connectivity index (χ4v) is 3.70. The van der Waals surface area contributed by atoms with Gasteiger partial charge in [-0.2, -0.15) is 0 Å². The van der Waals surface area contributed by atoms with Gasteiger partial charge in [0, 0.05) is 24.5 Å². The maximum absolute atomic E-state index is 14.1. The number of nitrogens with zero attached hydrogens (tertiary/aromatic N) is 3. The molecule has 1 aromatic heterocycles. The number of rotatable bonds is 3. The summed E-state index contributed by atoms with van der Waals surface area (Å²) in [6, 6.07) is 11.2. The molecule has 0 atom stereocenters. The molecule has 0 saturated carbocycles. The number of para-hydroxylation sites is 1. The van der Waals surface area contributed by atoms with Crippen LogP contribution in [0.1, 0.15) is 24.7 Å². The van der Waals surface area contributed by atoms with Crippen LogP contribution in [0.25, 0.3) is 11.0 Å². The Morgan fingerprint density at radius 1 is 1.15 bits per heavy atom. The first-order valence-electron chi connectivity index (χ1n) is 8.45. The largest absolute Gasteiger partial charge is 0.398 e. The summed E-state index contributed by atoms with van der Waals surface area (Å²) in [5.41, 5.74) is 10.7. The van der Waals surface area contributed by atoms with Crippen molar-refractivity contribution in [2.75, 3.05) is 17.2 Å². The molecular weight excluding hydrogens is 374 g/mol. The second kappa shape index (κ2) is 8.14. The van der Waals surface area contributed by atoms with E-state index in [1.165, 1.54) is 17.3 Å². The fourth-order valence-electron chi connectivity index (χ4n) is 3.70. The minimum atomic E-state index is -0.260. The van der Waals surface area contributed by atoms with Gasteiger partial charge in [0.15, 0.2) is 5.82 Å². The van der Waals surface area contributed by atoms with Crippen molar-refractivity contribution in [3.8, 4) is 0 Å². The van der Waals surface area contributed by atoms with Crippen molar-refractivity contribution >= 4 is 47.2 Å². The van der Waals surface area contributed by atoms with E-state index < -0.39 is 0 Å². The fraction of sp³-hybridized carbons (Fsp3) is 0.316. The van der Waals surface area contributed by atoms with Gasteiger partial charge >= 0.3 is 0 Å². The van der Waals surface area contributed by atoms with Crippen LogP contribution in [0.15, 0.2) is 36.4 Å². The number of fused-ring (bicyclic) bond motifs is 2. The molecule has 0 bridgehead atoms. The van der Waals surface area contributed by atoms with Crippen molar-refractivity contribution in [3.05, 3.63) is 53.6 Å². The number of anilines is 2. The molecule has 0 amide bonds.